The lowest BCUT2D eigenvalue weighted by atomic mass is 9.80. The Morgan fingerprint density at radius 1 is 1.14 bits per heavy atom. The van der Waals surface area contributed by atoms with E-state index in [1.165, 1.54) is 5.56 Å². The lowest BCUT2D eigenvalue weighted by Crippen LogP contribution is -2.47. The predicted molar refractivity (Wildman–Crippen MR) is 88.2 cm³/mol. The maximum absolute atomic E-state index is 12.8. The van der Waals surface area contributed by atoms with E-state index in [-0.39, 0.29) is 35.9 Å². The Labute approximate surface area is 137 Å². The summed E-state index contributed by atoms with van der Waals surface area (Å²) in [5.41, 5.74) is 1.23. The summed E-state index contributed by atoms with van der Waals surface area (Å²) in [7, 11) is 0. The molecule has 4 nitrogen and oxygen atoms in total. The summed E-state index contributed by atoms with van der Waals surface area (Å²) in [5, 5.41) is 3.40. The first-order valence-corrected chi connectivity index (χ1v) is 7.82. The number of benzene rings is 1. The quantitative estimate of drug-likeness (QED) is 0.906. The van der Waals surface area contributed by atoms with E-state index in [0.717, 1.165) is 19.5 Å². The lowest BCUT2D eigenvalue weighted by molar-refractivity contribution is -0.139. The van der Waals surface area contributed by atoms with Crippen molar-refractivity contribution >= 4 is 24.1 Å². The minimum atomic E-state index is 0. The van der Waals surface area contributed by atoms with Crippen molar-refractivity contribution in [1.29, 1.82) is 0 Å². The van der Waals surface area contributed by atoms with Gasteiger partial charge in [0.1, 0.15) is 5.78 Å². The highest BCUT2D eigenvalue weighted by Gasteiger charge is 2.35. The van der Waals surface area contributed by atoms with Crippen LogP contribution >= 0.6 is 12.4 Å². The summed E-state index contributed by atoms with van der Waals surface area (Å²) in [4.78, 5) is 26.1. The number of likely N-dealkylation sites (tertiary alicyclic amines) is 1. The van der Waals surface area contributed by atoms with E-state index in [4.69, 9.17) is 0 Å². The van der Waals surface area contributed by atoms with E-state index >= 15 is 0 Å². The van der Waals surface area contributed by atoms with E-state index in [1.54, 1.807) is 0 Å². The number of ketones is 1. The number of hydrogen-bond donors (Lipinski definition) is 1. The van der Waals surface area contributed by atoms with Crippen molar-refractivity contribution in [1.82, 2.24) is 10.2 Å². The fraction of sp³-hybridized carbons (Fsp3) is 0.529. The average Bonchev–Trinajstić information content (AvgIpc) is 2.56. The first kappa shape index (κ1) is 17.0. The molecule has 0 spiro atoms. The summed E-state index contributed by atoms with van der Waals surface area (Å²) in [6.45, 7) is 2.95. The van der Waals surface area contributed by atoms with Crippen molar-refractivity contribution in [3.8, 4) is 0 Å². The molecule has 120 valence electrons. The Bertz CT molecular complexity index is 511. The first-order chi connectivity index (χ1) is 10.3. The summed E-state index contributed by atoms with van der Waals surface area (Å²) in [6.07, 6.45) is 1.92. The topological polar surface area (TPSA) is 49.4 Å². The van der Waals surface area contributed by atoms with Gasteiger partial charge in [0.15, 0.2) is 0 Å². The molecule has 0 aliphatic carbocycles. The molecule has 1 aromatic carbocycles. The van der Waals surface area contributed by atoms with Crippen LogP contribution < -0.4 is 5.32 Å². The molecule has 1 aromatic rings. The van der Waals surface area contributed by atoms with Crippen molar-refractivity contribution in [3.05, 3.63) is 35.9 Å². The number of Topliss-reactive ketones (excluding diaryl/α,β-unsaturated/α-hetero) is 1. The van der Waals surface area contributed by atoms with E-state index in [9.17, 15) is 9.59 Å². The molecule has 2 saturated heterocycles. The van der Waals surface area contributed by atoms with Gasteiger partial charge in [-0.15, -0.1) is 12.4 Å². The van der Waals surface area contributed by atoms with Crippen molar-refractivity contribution < 1.29 is 9.59 Å². The van der Waals surface area contributed by atoms with Gasteiger partial charge in [-0.3, -0.25) is 9.59 Å². The van der Waals surface area contributed by atoms with Crippen LogP contribution in [0.4, 0.5) is 0 Å². The van der Waals surface area contributed by atoms with Crippen LogP contribution in [-0.2, 0) is 9.59 Å². The Kier molecular flexibility index (Phi) is 5.98. The third-order valence-corrected chi connectivity index (χ3v) is 4.66. The van der Waals surface area contributed by atoms with Gasteiger partial charge < -0.3 is 10.2 Å². The molecule has 0 aromatic heterocycles. The summed E-state index contributed by atoms with van der Waals surface area (Å²) in [6, 6.07) is 10.3. The fourth-order valence-corrected chi connectivity index (χ4v) is 3.42. The second-order valence-electron chi connectivity index (χ2n) is 5.98. The van der Waals surface area contributed by atoms with Gasteiger partial charge in [0.25, 0.3) is 0 Å². The molecule has 5 heteroatoms. The highest BCUT2D eigenvalue weighted by Crippen LogP contribution is 2.31. The number of hydrogen-bond acceptors (Lipinski definition) is 3. The Morgan fingerprint density at radius 2 is 1.82 bits per heavy atom. The largest absolute Gasteiger partial charge is 0.342 e. The number of nitrogens with one attached hydrogen (secondary N) is 1. The molecule has 2 aliphatic heterocycles. The monoisotopic (exact) mass is 322 g/mol. The first-order valence-electron chi connectivity index (χ1n) is 7.82. The van der Waals surface area contributed by atoms with E-state index in [1.807, 2.05) is 23.1 Å². The smallest absolute Gasteiger partial charge is 0.226 e. The third kappa shape index (κ3) is 3.68. The molecule has 0 unspecified atom stereocenters. The summed E-state index contributed by atoms with van der Waals surface area (Å²) in [5.74, 6) is 0.800. The van der Waals surface area contributed by atoms with Crippen LogP contribution in [0.15, 0.2) is 30.3 Å². The SMILES string of the molecule is Cl.O=C1CCN(C(=O)[C@@H]2CCNC[C@H]2c2ccccc2)CC1. The van der Waals surface area contributed by atoms with Crippen molar-refractivity contribution in [3.63, 3.8) is 0 Å². The van der Waals surface area contributed by atoms with Crippen molar-refractivity contribution in [2.24, 2.45) is 5.92 Å². The van der Waals surface area contributed by atoms with Gasteiger partial charge in [-0.1, -0.05) is 30.3 Å². The highest BCUT2D eigenvalue weighted by atomic mass is 35.5. The predicted octanol–water partition coefficient (Wildman–Crippen LogP) is 1.99. The van der Waals surface area contributed by atoms with Gasteiger partial charge in [0.2, 0.25) is 5.91 Å². The number of nitrogens with zero attached hydrogens (tertiary/aromatic N) is 1. The average molecular weight is 323 g/mol. The number of amides is 1. The van der Waals surface area contributed by atoms with Gasteiger partial charge in [0, 0.05) is 44.3 Å². The van der Waals surface area contributed by atoms with Crippen LogP contribution in [0.25, 0.3) is 0 Å². The third-order valence-electron chi connectivity index (χ3n) is 4.66. The normalized spacial score (nSPS) is 25.5. The van der Waals surface area contributed by atoms with Crippen molar-refractivity contribution in [2.45, 2.75) is 25.2 Å². The number of rotatable bonds is 2. The summed E-state index contributed by atoms with van der Waals surface area (Å²) < 4.78 is 0. The lowest BCUT2D eigenvalue weighted by Gasteiger charge is -2.36. The number of carbonyl (C=O) groups is 2. The van der Waals surface area contributed by atoms with E-state index in [0.29, 0.717) is 25.9 Å². The van der Waals surface area contributed by atoms with E-state index < -0.39 is 0 Å². The number of carbonyl (C=O) groups excluding carboxylic acids is 2. The molecule has 0 saturated carbocycles. The second kappa shape index (κ2) is 7.75. The van der Waals surface area contributed by atoms with Gasteiger partial charge in [0.05, 0.1) is 0 Å². The van der Waals surface area contributed by atoms with Crippen LogP contribution in [0.5, 0.6) is 0 Å². The fourth-order valence-electron chi connectivity index (χ4n) is 3.42. The molecule has 22 heavy (non-hydrogen) atoms. The van der Waals surface area contributed by atoms with Gasteiger partial charge >= 0.3 is 0 Å². The van der Waals surface area contributed by atoms with Crippen LogP contribution in [0.2, 0.25) is 0 Å². The van der Waals surface area contributed by atoms with Gasteiger partial charge in [-0.05, 0) is 18.5 Å². The molecule has 1 amide bonds. The van der Waals surface area contributed by atoms with Crippen LogP contribution in [0.1, 0.15) is 30.7 Å². The van der Waals surface area contributed by atoms with E-state index in [2.05, 4.69) is 17.4 Å². The minimum Gasteiger partial charge on any atom is -0.342 e. The Hall–Kier alpha value is -1.39. The van der Waals surface area contributed by atoms with Crippen LogP contribution in [-0.4, -0.2) is 42.8 Å². The number of halogens is 1. The van der Waals surface area contributed by atoms with Crippen LogP contribution in [0.3, 0.4) is 0 Å². The second-order valence-corrected chi connectivity index (χ2v) is 5.98. The molecule has 2 fully saturated rings. The molecule has 0 bridgehead atoms. The minimum absolute atomic E-state index is 0. The van der Waals surface area contributed by atoms with Gasteiger partial charge in [-0.2, -0.15) is 0 Å². The Balaban J connectivity index is 0.00000176. The number of piperidine rings is 2. The maximum Gasteiger partial charge on any atom is 0.226 e. The molecule has 0 radical (unpaired) electrons. The molecular weight excluding hydrogens is 300 g/mol. The zero-order valence-corrected chi connectivity index (χ0v) is 13.5. The zero-order valence-electron chi connectivity index (χ0n) is 12.7. The van der Waals surface area contributed by atoms with Crippen molar-refractivity contribution in [2.75, 3.05) is 26.2 Å². The highest BCUT2D eigenvalue weighted by molar-refractivity contribution is 5.85. The van der Waals surface area contributed by atoms with Gasteiger partial charge in [-0.25, -0.2) is 0 Å². The maximum atomic E-state index is 12.8. The molecular formula is C17H23ClN2O2. The molecule has 2 aliphatic rings. The molecule has 2 atom stereocenters. The Morgan fingerprint density at radius 3 is 2.50 bits per heavy atom. The molecule has 3 rings (SSSR count). The summed E-state index contributed by atoms with van der Waals surface area (Å²) >= 11 is 0. The zero-order chi connectivity index (χ0) is 14.7. The molecule has 2 heterocycles. The molecule has 1 N–H and O–H groups in total. The van der Waals surface area contributed by atoms with Crippen LogP contribution in [0, 0.1) is 5.92 Å². The standard InChI is InChI=1S/C17H22N2O2.ClH/c20-14-7-10-19(11-8-14)17(21)15-6-9-18-12-16(15)13-4-2-1-3-5-13;/h1-5,15-16,18H,6-12H2;1H/t15-,16+;/m1./s1.